The molecule has 0 aliphatic rings. The Balaban J connectivity index is 2.76. The molecular weight excluding hydrogens is 276 g/mol. The monoisotopic (exact) mass is 290 g/mol. The van der Waals surface area contributed by atoms with E-state index in [9.17, 15) is 4.79 Å². The van der Waals surface area contributed by atoms with Crippen LogP contribution in [0.3, 0.4) is 0 Å². The summed E-state index contributed by atoms with van der Waals surface area (Å²) in [7, 11) is 0. The van der Waals surface area contributed by atoms with Crippen molar-refractivity contribution >= 4 is 33.0 Å². The van der Waals surface area contributed by atoms with Crippen LogP contribution in [-0.4, -0.2) is 12.4 Å². The molecule has 2 nitrogen and oxygen atoms in total. The first-order valence-corrected chi connectivity index (χ1v) is 6.69. The van der Waals surface area contributed by atoms with E-state index in [1.54, 1.807) is 11.3 Å². The van der Waals surface area contributed by atoms with Crippen molar-refractivity contribution in [2.24, 2.45) is 0 Å². The van der Waals surface area contributed by atoms with E-state index in [0.717, 1.165) is 15.1 Å². The van der Waals surface area contributed by atoms with E-state index < -0.39 is 0 Å². The maximum atomic E-state index is 11.7. The van der Waals surface area contributed by atoms with Crippen LogP contribution >= 0.6 is 27.3 Å². The minimum Gasteiger partial charge on any atom is -0.365 e. The van der Waals surface area contributed by atoms with E-state index in [1.807, 2.05) is 26.0 Å². The summed E-state index contributed by atoms with van der Waals surface area (Å²) in [6, 6.07) is 3.90. The highest BCUT2D eigenvalue weighted by Gasteiger charge is 2.20. The summed E-state index contributed by atoms with van der Waals surface area (Å²) in [5, 5.41) is 0. The lowest BCUT2D eigenvalue weighted by molar-refractivity contribution is -0.130. The highest BCUT2D eigenvalue weighted by molar-refractivity contribution is 9.11. The zero-order valence-corrected chi connectivity index (χ0v) is 11.4. The largest absolute Gasteiger partial charge is 0.365 e. The van der Waals surface area contributed by atoms with Crippen molar-refractivity contribution in [2.45, 2.75) is 32.8 Å². The smallest absolute Gasteiger partial charge is 0.166 e. The number of halogens is 1. The fourth-order valence-electron chi connectivity index (χ4n) is 1.22. The van der Waals surface area contributed by atoms with Gasteiger partial charge in [0.2, 0.25) is 0 Å². The van der Waals surface area contributed by atoms with E-state index in [-0.39, 0.29) is 11.9 Å². The molecule has 0 aliphatic heterocycles. The van der Waals surface area contributed by atoms with E-state index >= 15 is 0 Å². The van der Waals surface area contributed by atoms with Gasteiger partial charge in [0.25, 0.3) is 0 Å². The van der Waals surface area contributed by atoms with Crippen molar-refractivity contribution in [3.8, 4) is 0 Å². The SMILES string of the molecule is CCCOC(C(=O)CC)c1ccc(Br)s1. The third-order valence-electron chi connectivity index (χ3n) is 1.98. The standard InChI is InChI=1S/C11H15BrO2S/c1-3-7-14-11(8(13)4-2)9-5-6-10(12)15-9/h5-6,11H,3-4,7H2,1-2H3. The lowest BCUT2D eigenvalue weighted by Gasteiger charge is -2.13. The van der Waals surface area contributed by atoms with Gasteiger partial charge in [0.15, 0.2) is 5.78 Å². The molecule has 1 aromatic heterocycles. The second-order valence-electron chi connectivity index (χ2n) is 3.21. The van der Waals surface area contributed by atoms with E-state index in [1.165, 1.54) is 0 Å². The molecule has 1 rings (SSSR count). The molecule has 84 valence electrons. The van der Waals surface area contributed by atoms with Gasteiger partial charge in [-0.25, -0.2) is 0 Å². The number of Topliss-reactive ketones (excluding diaryl/α,β-unsaturated/α-hetero) is 1. The maximum Gasteiger partial charge on any atom is 0.166 e. The molecule has 1 atom stereocenters. The average Bonchev–Trinajstić information content (AvgIpc) is 2.65. The molecule has 0 aromatic carbocycles. The zero-order chi connectivity index (χ0) is 11.3. The summed E-state index contributed by atoms with van der Waals surface area (Å²) in [6.07, 6.45) is 1.08. The molecule has 0 bridgehead atoms. The van der Waals surface area contributed by atoms with Gasteiger partial charge in [-0.2, -0.15) is 0 Å². The van der Waals surface area contributed by atoms with Gasteiger partial charge in [-0.15, -0.1) is 11.3 Å². The van der Waals surface area contributed by atoms with Crippen LogP contribution in [0.15, 0.2) is 15.9 Å². The molecule has 0 radical (unpaired) electrons. The first kappa shape index (κ1) is 12.9. The molecule has 0 saturated heterocycles. The fraction of sp³-hybridized carbons (Fsp3) is 0.545. The van der Waals surface area contributed by atoms with Crippen molar-refractivity contribution in [1.29, 1.82) is 0 Å². The molecule has 15 heavy (non-hydrogen) atoms. The second kappa shape index (κ2) is 6.40. The Morgan fingerprint density at radius 3 is 2.73 bits per heavy atom. The van der Waals surface area contributed by atoms with Crippen molar-refractivity contribution in [3.63, 3.8) is 0 Å². The van der Waals surface area contributed by atoms with Crippen molar-refractivity contribution < 1.29 is 9.53 Å². The summed E-state index contributed by atoms with van der Waals surface area (Å²) in [5.41, 5.74) is 0. The third-order valence-corrected chi connectivity index (χ3v) is 3.65. The highest BCUT2D eigenvalue weighted by atomic mass is 79.9. The van der Waals surface area contributed by atoms with Crippen LogP contribution in [0.25, 0.3) is 0 Å². The molecular formula is C11H15BrO2S. The van der Waals surface area contributed by atoms with Crippen LogP contribution in [0.4, 0.5) is 0 Å². The lowest BCUT2D eigenvalue weighted by atomic mass is 10.1. The molecule has 0 saturated carbocycles. The van der Waals surface area contributed by atoms with Gasteiger partial charge in [0, 0.05) is 17.9 Å². The highest BCUT2D eigenvalue weighted by Crippen LogP contribution is 2.30. The van der Waals surface area contributed by atoms with Gasteiger partial charge in [-0.3, -0.25) is 4.79 Å². The number of hydrogen-bond acceptors (Lipinski definition) is 3. The number of hydrogen-bond donors (Lipinski definition) is 0. The lowest BCUT2D eigenvalue weighted by Crippen LogP contribution is -2.14. The molecule has 0 amide bonds. The molecule has 1 aromatic rings. The molecule has 0 N–H and O–H groups in total. The first-order chi connectivity index (χ1) is 7.19. The molecule has 0 spiro atoms. The van der Waals surface area contributed by atoms with Gasteiger partial charge in [0.05, 0.1) is 3.79 Å². The Morgan fingerprint density at radius 2 is 2.27 bits per heavy atom. The summed E-state index contributed by atoms with van der Waals surface area (Å²) in [5.74, 6) is 0.151. The number of carbonyl (C=O) groups excluding carboxylic acids is 1. The normalized spacial score (nSPS) is 12.7. The Morgan fingerprint density at radius 1 is 1.53 bits per heavy atom. The van der Waals surface area contributed by atoms with Gasteiger partial charge in [-0.05, 0) is 34.5 Å². The first-order valence-electron chi connectivity index (χ1n) is 5.08. The summed E-state index contributed by atoms with van der Waals surface area (Å²) in [4.78, 5) is 12.7. The predicted molar refractivity (Wildman–Crippen MR) is 66.3 cm³/mol. The van der Waals surface area contributed by atoms with E-state index in [2.05, 4.69) is 15.9 Å². The predicted octanol–water partition coefficient (Wildman–Crippen LogP) is 3.96. The van der Waals surface area contributed by atoms with Gasteiger partial charge in [-0.1, -0.05) is 13.8 Å². The van der Waals surface area contributed by atoms with Gasteiger partial charge >= 0.3 is 0 Å². The minimum atomic E-state index is -0.369. The van der Waals surface area contributed by atoms with Crippen LogP contribution in [0.2, 0.25) is 0 Å². The van der Waals surface area contributed by atoms with Gasteiger partial charge < -0.3 is 4.74 Å². The van der Waals surface area contributed by atoms with E-state index in [0.29, 0.717) is 13.0 Å². The van der Waals surface area contributed by atoms with Crippen molar-refractivity contribution in [3.05, 3.63) is 20.8 Å². The fourth-order valence-corrected chi connectivity index (χ4v) is 2.72. The van der Waals surface area contributed by atoms with Crippen LogP contribution < -0.4 is 0 Å². The summed E-state index contributed by atoms with van der Waals surface area (Å²) < 4.78 is 6.62. The van der Waals surface area contributed by atoms with Crippen molar-refractivity contribution in [2.75, 3.05) is 6.61 Å². The third kappa shape index (κ3) is 3.70. The van der Waals surface area contributed by atoms with E-state index in [4.69, 9.17) is 4.74 Å². The second-order valence-corrected chi connectivity index (χ2v) is 5.71. The Hall–Kier alpha value is -0.190. The van der Waals surface area contributed by atoms with Gasteiger partial charge in [0.1, 0.15) is 6.10 Å². The molecule has 1 heterocycles. The van der Waals surface area contributed by atoms with Crippen molar-refractivity contribution in [1.82, 2.24) is 0 Å². The molecule has 1 unspecified atom stereocenters. The van der Waals surface area contributed by atoms with Crippen LogP contribution in [0.5, 0.6) is 0 Å². The number of carbonyl (C=O) groups is 1. The Labute approximate surface area is 103 Å². The molecule has 0 fully saturated rings. The Bertz CT molecular complexity index is 322. The zero-order valence-electron chi connectivity index (χ0n) is 8.96. The molecule has 0 aliphatic carbocycles. The maximum absolute atomic E-state index is 11.7. The number of ketones is 1. The number of rotatable bonds is 6. The Kier molecular flexibility index (Phi) is 5.50. The summed E-state index contributed by atoms with van der Waals surface area (Å²) >= 11 is 4.95. The van der Waals surface area contributed by atoms with Crippen LogP contribution in [-0.2, 0) is 9.53 Å². The van der Waals surface area contributed by atoms with Crippen LogP contribution in [0.1, 0.15) is 37.7 Å². The topological polar surface area (TPSA) is 26.3 Å². The van der Waals surface area contributed by atoms with Crippen LogP contribution in [0, 0.1) is 0 Å². The molecule has 4 heteroatoms. The summed E-state index contributed by atoms with van der Waals surface area (Å²) in [6.45, 7) is 4.54. The number of thiophene rings is 1. The quantitative estimate of drug-likeness (QED) is 0.793. The number of ether oxygens (including phenoxy) is 1. The minimum absolute atomic E-state index is 0.151. The average molecular weight is 291 g/mol.